The summed E-state index contributed by atoms with van der Waals surface area (Å²) >= 11 is 4.93. The molecule has 10 nitrogen and oxygen atoms in total. The normalized spacial score (nSPS) is 11.6. The molecule has 11 heteroatoms. The van der Waals surface area contributed by atoms with E-state index in [0.29, 0.717) is 30.5 Å². The topological polar surface area (TPSA) is 152 Å². The molecule has 0 aliphatic heterocycles. The fraction of sp³-hybridized carbons (Fsp3) is 0.500. The lowest BCUT2D eigenvalue weighted by Crippen LogP contribution is -2.47. The van der Waals surface area contributed by atoms with Gasteiger partial charge >= 0.3 is 5.97 Å². The fourth-order valence-electron chi connectivity index (χ4n) is 2.44. The first kappa shape index (κ1) is 29.9. The van der Waals surface area contributed by atoms with Crippen LogP contribution in [0.25, 0.3) is 0 Å². The molecule has 1 aromatic carbocycles. The Morgan fingerprint density at radius 3 is 2.27 bits per heavy atom. The second-order valence-corrected chi connectivity index (χ2v) is 7.68. The molecule has 0 aliphatic carbocycles. The SMILES string of the molecule is CC(=S)NCCCCC(NC(=O)c1ccc(N)cc1)C(=O)NCC=O.CNC(C)C(=O)OC. The molecule has 0 bridgehead atoms. The first-order valence-electron chi connectivity index (χ1n) is 10.5. The van der Waals surface area contributed by atoms with Gasteiger partial charge in [0.15, 0.2) is 0 Å². The number of unbranched alkanes of at least 4 members (excludes halogenated alkanes) is 1. The molecule has 6 N–H and O–H groups in total. The van der Waals surface area contributed by atoms with Crippen molar-refractivity contribution < 1.29 is 23.9 Å². The Labute approximate surface area is 200 Å². The predicted molar refractivity (Wildman–Crippen MR) is 132 cm³/mol. The van der Waals surface area contributed by atoms with Gasteiger partial charge in [-0.05, 0) is 64.4 Å². The van der Waals surface area contributed by atoms with E-state index in [1.807, 2.05) is 0 Å². The average Bonchev–Trinajstić information content (AvgIpc) is 2.80. The van der Waals surface area contributed by atoms with Crippen LogP contribution in [0.2, 0.25) is 0 Å². The van der Waals surface area contributed by atoms with E-state index in [2.05, 4.69) is 26.0 Å². The van der Waals surface area contributed by atoms with Crippen molar-refractivity contribution in [1.29, 1.82) is 0 Å². The summed E-state index contributed by atoms with van der Waals surface area (Å²) in [4.78, 5) is 46.1. The van der Waals surface area contributed by atoms with Crippen molar-refractivity contribution in [2.45, 2.75) is 45.2 Å². The number of rotatable bonds is 12. The highest BCUT2D eigenvalue weighted by atomic mass is 32.1. The van der Waals surface area contributed by atoms with E-state index in [4.69, 9.17) is 18.0 Å². The molecule has 0 spiro atoms. The first-order valence-corrected chi connectivity index (χ1v) is 10.9. The zero-order valence-electron chi connectivity index (χ0n) is 19.6. The standard InChI is InChI=1S/C17H24N4O3S.C5H11NO2/c1-12(25)19-9-3-2-4-15(17(24)20-10-11-22)21-16(23)13-5-7-14(18)8-6-13;1-4(6-2)5(7)8-3/h5-8,11,15H,2-4,9-10,18H2,1H3,(H,19,25)(H,20,24)(H,21,23);4,6H,1-3H3. The van der Waals surface area contributed by atoms with Crippen molar-refractivity contribution in [3.63, 3.8) is 0 Å². The summed E-state index contributed by atoms with van der Waals surface area (Å²) in [6.07, 6.45) is 2.59. The minimum atomic E-state index is -0.710. The van der Waals surface area contributed by atoms with Gasteiger partial charge in [0, 0.05) is 17.8 Å². The van der Waals surface area contributed by atoms with Crippen molar-refractivity contribution in [3.05, 3.63) is 29.8 Å². The minimum absolute atomic E-state index is 0.0846. The van der Waals surface area contributed by atoms with E-state index in [1.165, 1.54) is 7.11 Å². The number of hydrogen-bond donors (Lipinski definition) is 5. The average molecular weight is 482 g/mol. The molecule has 0 saturated heterocycles. The molecule has 33 heavy (non-hydrogen) atoms. The van der Waals surface area contributed by atoms with E-state index >= 15 is 0 Å². The number of carbonyl (C=O) groups is 4. The van der Waals surface area contributed by atoms with Crippen LogP contribution in [0.15, 0.2) is 24.3 Å². The van der Waals surface area contributed by atoms with Gasteiger partial charge in [-0.2, -0.15) is 0 Å². The number of methoxy groups -OCH3 is 1. The third-order valence-corrected chi connectivity index (χ3v) is 4.58. The molecule has 0 heterocycles. The molecular weight excluding hydrogens is 446 g/mol. The highest BCUT2D eigenvalue weighted by Crippen LogP contribution is 2.07. The Balaban J connectivity index is 0.00000109. The number of anilines is 1. The molecule has 2 atom stereocenters. The van der Waals surface area contributed by atoms with Crippen LogP contribution in [0.4, 0.5) is 5.69 Å². The Kier molecular flexibility index (Phi) is 15.9. The summed E-state index contributed by atoms with van der Waals surface area (Å²) < 4.78 is 4.40. The first-order chi connectivity index (χ1) is 15.7. The monoisotopic (exact) mass is 481 g/mol. The summed E-state index contributed by atoms with van der Waals surface area (Å²) in [5.74, 6) is -0.971. The molecule has 2 amide bonds. The number of hydrogen-bond acceptors (Lipinski definition) is 8. The lowest BCUT2D eigenvalue weighted by molar-refractivity contribution is -0.142. The van der Waals surface area contributed by atoms with Gasteiger partial charge in [-0.1, -0.05) is 12.2 Å². The maximum absolute atomic E-state index is 12.3. The minimum Gasteiger partial charge on any atom is -0.468 e. The van der Waals surface area contributed by atoms with Gasteiger partial charge < -0.3 is 36.5 Å². The number of aldehydes is 1. The molecule has 0 aliphatic rings. The Morgan fingerprint density at radius 1 is 1.15 bits per heavy atom. The van der Waals surface area contributed by atoms with Crippen LogP contribution in [-0.2, 0) is 19.1 Å². The van der Waals surface area contributed by atoms with Crippen molar-refractivity contribution >= 4 is 47.0 Å². The number of ether oxygens (including phenoxy) is 1. The van der Waals surface area contributed by atoms with Gasteiger partial charge in [0.1, 0.15) is 18.4 Å². The number of benzene rings is 1. The second kappa shape index (κ2) is 17.5. The summed E-state index contributed by atoms with van der Waals surface area (Å²) in [5, 5.41) is 11.0. The van der Waals surface area contributed by atoms with Gasteiger partial charge in [0.2, 0.25) is 5.91 Å². The molecule has 1 aromatic rings. The predicted octanol–water partition coefficient (Wildman–Crippen LogP) is 0.557. The molecule has 0 fully saturated rings. The van der Waals surface area contributed by atoms with Crippen molar-refractivity contribution in [2.75, 3.05) is 33.0 Å². The van der Waals surface area contributed by atoms with E-state index < -0.39 is 6.04 Å². The lowest BCUT2D eigenvalue weighted by atomic mass is 10.1. The molecule has 2 unspecified atom stereocenters. The third kappa shape index (κ3) is 13.9. The summed E-state index contributed by atoms with van der Waals surface area (Å²) in [6.45, 7) is 4.17. The number of esters is 1. The summed E-state index contributed by atoms with van der Waals surface area (Å²) in [6, 6.07) is 5.53. The third-order valence-electron chi connectivity index (χ3n) is 4.44. The highest BCUT2D eigenvalue weighted by molar-refractivity contribution is 7.80. The maximum Gasteiger partial charge on any atom is 0.322 e. The molecule has 0 radical (unpaired) electrons. The van der Waals surface area contributed by atoms with Crippen LogP contribution in [-0.4, -0.2) is 68.4 Å². The van der Waals surface area contributed by atoms with Gasteiger partial charge in [-0.15, -0.1) is 0 Å². The van der Waals surface area contributed by atoms with Gasteiger partial charge in [-0.25, -0.2) is 0 Å². The summed E-state index contributed by atoms with van der Waals surface area (Å²) in [5.41, 5.74) is 6.57. The van der Waals surface area contributed by atoms with Crippen LogP contribution in [0, 0.1) is 0 Å². The van der Waals surface area contributed by atoms with Crippen molar-refractivity contribution in [2.24, 2.45) is 0 Å². The zero-order chi connectivity index (χ0) is 25.2. The Hall–Kier alpha value is -3.05. The van der Waals surface area contributed by atoms with Crippen LogP contribution in [0.5, 0.6) is 0 Å². The molecule has 1 rings (SSSR count). The van der Waals surface area contributed by atoms with Gasteiger partial charge in [0.05, 0.1) is 18.6 Å². The van der Waals surface area contributed by atoms with Crippen LogP contribution in [0.1, 0.15) is 43.5 Å². The number of carbonyl (C=O) groups excluding carboxylic acids is 4. The Bertz CT molecular complexity index is 773. The smallest absolute Gasteiger partial charge is 0.322 e. The van der Waals surface area contributed by atoms with Gasteiger partial charge in [-0.3, -0.25) is 14.4 Å². The van der Waals surface area contributed by atoms with Crippen molar-refractivity contribution in [1.82, 2.24) is 21.3 Å². The second-order valence-electron chi connectivity index (χ2n) is 7.07. The number of nitrogens with two attached hydrogens (primary N) is 1. The van der Waals surface area contributed by atoms with Crippen LogP contribution >= 0.6 is 12.2 Å². The Morgan fingerprint density at radius 2 is 1.79 bits per heavy atom. The van der Waals surface area contributed by atoms with E-state index in [0.717, 1.165) is 17.8 Å². The van der Waals surface area contributed by atoms with E-state index in [-0.39, 0.29) is 30.4 Å². The number of likely N-dealkylation sites (N-methyl/N-ethyl adjacent to an activating group) is 1. The largest absolute Gasteiger partial charge is 0.468 e. The molecular formula is C22H35N5O5S. The fourth-order valence-corrected chi connectivity index (χ4v) is 2.54. The number of nitrogens with one attached hydrogen (secondary N) is 4. The number of amides is 2. The zero-order valence-corrected chi connectivity index (χ0v) is 20.4. The van der Waals surface area contributed by atoms with E-state index in [1.54, 1.807) is 45.2 Å². The maximum atomic E-state index is 12.3. The molecule has 0 saturated carbocycles. The van der Waals surface area contributed by atoms with Crippen LogP contribution in [0.3, 0.4) is 0 Å². The van der Waals surface area contributed by atoms with Crippen molar-refractivity contribution in [3.8, 4) is 0 Å². The molecule has 0 aromatic heterocycles. The van der Waals surface area contributed by atoms with Gasteiger partial charge in [0.25, 0.3) is 5.91 Å². The van der Waals surface area contributed by atoms with E-state index in [9.17, 15) is 19.2 Å². The highest BCUT2D eigenvalue weighted by Gasteiger charge is 2.20. The van der Waals surface area contributed by atoms with Crippen LogP contribution < -0.4 is 27.0 Å². The summed E-state index contributed by atoms with van der Waals surface area (Å²) in [7, 11) is 3.08. The number of thiocarbonyl (C=S) groups is 1. The number of nitrogen functional groups attached to an aromatic ring is 1. The quantitative estimate of drug-likeness (QED) is 0.0948. The molecule has 184 valence electrons. The lowest BCUT2D eigenvalue weighted by Gasteiger charge is -2.18.